The fourth-order valence-electron chi connectivity index (χ4n) is 7.30. The summed E-state index contributed by atoms with van der Waals surface area (Å²) in [5.74, 6) is 0.180. The van der Waals surface area contributed by atoms with Crippen LogP contribution in [0.2, 0.25) is 0 Å². The number of pyridine rings is 1. The molecule has 1 aliphatic carbocycles. The summed E-state index contributed by atoms with van der Waals surface area (Å²) in [6.07, 6.45) is 17.6. The lowest BCUT2D eigenvalue weighted by Crippen LogP contribution is -2.49. The van der Waals surface area contributed by atoms with Crippen LogP contribution < -0.4 is 9.64 Å². The van der Waals surface area contributed by atoms with Crippen molar-refractivity contribution < 1.29 is 23.1 Å². The summed E-state index contributed by atoms with van der Waals surface area (Å²) in [4.78, 5) is 39.8. The van der Waals surface area contributed by atoms with Crippen LogP contribution in [0.5, 0.6) is 5.75 Å². The third kappa shape index (κ3) is 7.12. The third-order valence-electron chi connectivity index (χ3n) is 10.1. The molecule has 4 aromatic rings. The number of nitrogens with one attached hydrogen (secondary N) is 1. The molecule has 2 fully saturated rings. The Morgan fingerprint density at radius 3 is 2.62 bits per heavy atom. The van der Waals surface area contributed by atoms with Gasteiger partial charge in [-0.25, -0.2) is 13.8 Å². The van der Waals surface area contributed by atoms with Crippen LogP contribution in [-0.4, -0.2) is 93.0 Å². The number of carbonyl (C=O) groups excluding carboxylic acids is 2. The summed E-state index contributed by atoms with van der Waals surface area (Å²) in [5, 5.41) is 8.39. The molecule has 0 atom stereocenters. The molecule has 1 saturated heterocycles. The minimum absolute atomic E-state index is 0.0217. The molecule has 0 radical (unpaired) electrons. The van der Waals surface area contributed by atoms with Crippen molar-refractivity contribution >= 4 is 40.2 Å². The number of allylic oxidation sites excluding steroid dienone is 1. The van der Waals surface area contributed by atoms with E-state index < -0.39 is 11.6 Å². The Hall–Kier alpha value is -5.07. The number of nitrogens with zero attached hydrogens (tertiary/aromatic N) is 7. The minimum Gasteiger partial charge on any atom is -0.493 e. The number of halogens is 2. The second-order valence-corrected chi connectivity index (χ2v) is 13.3. The number of H-pyrrole nitrogens is 1. The lowest BCUT2D eigenvalue weighted by atomic mass is 9.88. The lowest BCUT2D eigenvalue weighted by molar-refractivity contribution is -0.131. The summed E-state index contributed by atoms with van der Waals surface area (Å²) in [6.45, 7) is 3.08. The number of ether oxygens (including phenoxy) is 1. The third-order valence-corrected chi connectivity index (χ3v) is 10.1. The molecular formula is C37H42F2N8O3. The number of fused-ring (bicyclic) bond motifs is 1. The quantitative estimate of drug-likeness (QED) is 0.241. The average molecular weight is 685 g/mol. The van der Waals surface area contributed by atoms with Gasteiger partial charge in [0.05, 0.1) is 31.6 Å². The van der Waals surface area contributed by atoms with E-state index in [1.54, 1.807) is 32.9 Å². The van der Waals surface area contributed by atoms with Crippen LogP contribution in [0.25, 0.3) is 22.6 Å². The van der Waals surface area contributed by atoms with Crippen molar-refractivity contribution in [2.75, 3.05) is 51.3 Å². The topological polar surface area (TPSA) is 112 Å². The molecule has 50 heavy (non-hydrogen) atoms. The number of benzene rings is 1. The van der Waals surface area contributed by atoms with Crippen LogP contribution >= 0.6 is 0 Å². The first-order valence-corrected chi connectivity index (χ1v) is 17.5. The number of rotatable bonds is 9. The molecule has 0 unspecified atom stereocenters. The Balaban J connectivity index is 1.14. The molecule has 0 bridgehead atoms. The van der Waals surface area contributed by atoms with Gasteiger partial charge in [0.25, 0.3) is 5.91 Å². The fourth-order valence-corrected chi connectivity index (χ4v) is 7.30. The van der Waals surface area contributed by atoms with E-state index in [0.29, 0.717) is 86.4 Å². The lowest BCUT2D eigenvalue weighted by Gasteiger charge is -2.35. The molecule has 1 saturated carbocycles. The first kappa shape index (κ1) is 33.4. The minimum atomic E-state index is -0.480. The zero-order chi connectivity index (χ0) is 34.6. The molecule has 13 heteroatoms. The number of carbonyl (C=O) groups is 2. The number of hydrogen-bond acceptors (Lipinski definition) is 7. The summed E-state index contributed by atoms with van der Waals surface area (Å²) in [7, 11) is 1.47. The number of methoxy groups -OCH3 is 1. The maximum atomic E-state index is 16.6. The Morgan fingerprint density at radius 2 is 1.86 bits per heavy atom. The van der Waals surface area contributed by atoms with Gasteiger partial charge in [0.1, 0.15) is 11.5 Å². The molecule has 11 nitrogen and oxygen atoms in total. The summed E-state index contributed by atoms with van der Waals surface area (Å²) in [6, 6.07) is 4.93. The van der Waals surface area contributed by atoms with Crippen molar-refractivity contribution in [1.82, 2.24) is 34.8 Å². The number of anilines is 1. The highest BCUT2D eigenvalue weighted by atomic mass is 19.1. The molecule has 2 aliphatic heterocycles. The molecule has 0 spiro atoms. The zero-order valence-electron chi connectivity index (χ0n) is 28.3. The Labute approximate surface area is 289 Å². The Morgan fingerprint density at radius 1 is 1.04 bits per heavy atom. The summed E-state index contributed by atoms with van der Waals surface area (Å²) >= 11 is 0. The number of hydrogen-bond donors (Lipinski definition) is 1. The highest BCUT2D eigenvalue weighted by molar-refractivity contribution is 6.02. The van der Waals surface area contributed by atoms with Gasteiger partial charge in [0.15, 0.2) is 17.4 Å². The monoisotopic (exact) mass is 684 g/mol. The van der Waals surface area contributed by atoms with Gasteiger partial charge in [-0.15, -0.1) is 5.10 Å². The molecule has 7 rings (SSSR count). The molecule has 3 aliphatic rings. The SMILES string of the molecule is COc1cc(F)cnc1N1CCN(C(=O)c2cc3c(/C=C/C4CCCCC4)cc(C4=CCCN(C(=O)CCn5ccnn5)C4)c(F)c3[nH]2)CC1. The van der Waals surface area contributed by atoms with E-state index in [-0.39, 0.29) is 23.8 Å². The van der Waals surface area contributed by atoms with Crippen LogP contribution in [0.4, 0.5) is 14.6 Å². The van der Waals surface area contributed by atoms with Crippen molar-refractivity contribution in [2.45, 2.75) is 51.5 Å². The van der Waals surface area contributed by atoms with Gasteiger partial charge in [-0.2, -0.15) is 0 Å². The van der Waals surface area contributed by atoms with Crippen molar-refractivity contribution in [3.8, 4) is 5.75 Å². The van der Waals surface area contributed by atoms with Gasteiger partial charge in [0.2, 0.25) is 5.91 Å². The van der Waals surface area contributed by atoms with Crippen LogP contribution in [0, 0.1) is 17.6 Å². The van der Waals surface area contributed by atoms with E-state index in [4.69, 9.17) is 4.74 Å². The average Bonchev–Trinajstić information content (AvgIpc) is 3.85. The summed E-state index contributed by atoms with van der Waals surface area (Å²) < 4.78 is 37.2. The zero-order valence-corrected chi connectivity index (χ0v) is 28.3. The van der Waals surface area contributed by atoms with Crippen molar-refractivity contribution in [3.05, 3.63) is 77.4 Å². The fraction of sp³-hybridized carbons (Fsp3) is 0.432. The molecule has 1 aromatic carbocycles. The smallest absolute Gasteiger partial charge is 0.270 e. The van der Waals surface area contributed by atoms with Crippen LogP contribution in [0.15, 0.2) is 48.9 Å². The molecular weight excluding hydrogens is 642 g/mol. The van der Waals surface area contributed by atoms with Gasteiger partial charge in [0, 0.05) is 68.9 Å². The maximum Gasteiger partial charge on any atom is 0.270 e. The van der Waals surface area contributed by atoms with Gasteiger partial charge < -0.3 is 24.4 Å². The van der Waals surface area contributed by atoms with E-state index in [0.717, 1.165) is 30.2 Å². The first-order valence-electron chi connectivity index (χ1n) is 17.5. The van der Waals surface area contributed by atoms with Gasteiger partial charge in [-0.1, -0.05) is 42.7 Å². The van der Waals surface area contributed by atoms with E-state index in [1.165, 1.54) is 32.4 Å². The normalized spacial score (nSPS) is 17.5. The maximum absolute atomic E-state index is 16.6. The molecule has 2 amide bonds. The van der Waals surface area contributed by atoms with E-state index in [9.17, 15) is 14.0 Å². The van der Waals surface area contributed by atoms with Crippen LogP contribution in [0.1, 0.15) is 66.6 Å². The molecule has 1 N–H and O–H groups in total. The number of aromatic nitrogens is 5. The van der Waals surface area contributed by atoms with Crippen molar-refractivity contribution in [2.24, 2.45) is 5.92 Å². The van der Waals surface area contributed by atoms with Crippen LogP contribution in [0.3, 0.4) is 0 Å². The van der Waals surface area contributed by atoms with E-state index >= 15 is 4.39 Å². The van der Waals surface area contributed by atoms with Gasteiger partial charge in [-0.05, 0) is 48.4 Å². The van der Waals surface area contributed by atoms with Gasteiger partial charge in [-0.3, -0.25) is 14.3 Å². The second-order valence-electron chi connectivity index (χ2n) is 13.3. The van der Waals surface area contributed by atoms with Crippen molar-refractivity contribution in [3.63, 3.8) is 0 Å². The number of aryl methyl sites for hydroxylation is 1. The predicted molar refractivity (Wildman–Crippen MR) is 187 cm³/mol. The van der Waals surface area contributed by atoms with E-state index in [2.05, 4.69) is 32.4 Å². The van der Waals surface area contributed by atoms with Crippen molar-refractivity contribution in [1.29, 1.82) is 0 Å². The highest BCUT2D eigenvalue weighted by Gasteiger charge is 2.28. The number of aromatic amines is 1. The van der Waals surface area contributed by atoms with Gasteiger partial charge >= 0.3 is 0 Å². The number of amides is 2. The molecule has 3 aromatic heterocycles. The molecule has 262 valence electrons. The number of piperazine rings is 1. The predicted octanol–water partition coefficient (Wildman–Crippen LogP) is 5.70. The highest BCUT2D eigenvalue weighted by Crippen LogP contribution is 2.34. The Bertz CT molecular complexity index is 1910. The largest absolute Gasteiger partial charge is 0.493 e. The van der Waals surface area contributed by atoms with E-state index in [1.807, 2.05) is 17.0 Å². The Kier molecular flexibility index (Phi) is 9.90. The second kappa shape index (κ2) is 14.8. The summed E-state index contributed by atoms with van der Waals surface area (Å²) in [5.41, 5.74) is 2.62. The standard InChI is InChI=1S/C37H42F2N8O3/c1-50-32-21-28(38)23-40-36(32)44-16-18-45(19-17-44)37(49)31-22-30-26(10-9-25-6-3-2-4-7-25)20-29(34(39)35(30)42-31)27-8-5-13-46(24-27)33(48)11-14-47-15-12-41-43-47/h8-10,12,15,20-23,25,42H,2-7,11,13-14,16-19,24H2,1H3/b10-9+. The first-order chi connectivity index (χ1) is 24.4. The van der Waals surface area contributed by atoms with Crippen LogP contribution in [-0.2, 0) is 11.3 Å². The molecule has 5 heterocycles.